The zero-order valence-corrected chi connectivity index (χ0v) is 12.6. The fourth-order valence-corrected chi connectivity index (χ4v) is 2.45. The Kier molecular flexibility index (Phi) is 4.55. The predicted molar refractivity (Wildman–Crippen MR) is 78.5 cm³/mol. The summed E-state index contributed by atoms with van der Waals surface area (Å²) in [6.07, 6.45) is 0.260. The number of halogens is 3. The molecule has 0 fully saturated rings. The molecule has 2 aromatic rings. The molecule has 106 valence electrons. The molecule has 0 amide bonds. The molecule has 1 atom stereocenters. The molecule has 0 aliphatic carbocycles. The van der Waals surface area contributed by atoms with E-state index in [2.05, 4.69) is 15.9 Å². The molecule has 0 radical (unpaired) electrons. The van der Waals surface area contributed by atoms with E-state index in [4.69, 9.17) is 0 Å². The van der Waals surface area contributed by atoms with Crippen LogP contribution in [0.1, 0.15) is 18.1 Å². The van der Waals surface area contributed by atoms with Gasteiger partial charge in [-0.2, -0.15) is 0 Å². The second kappa shape index (κ2) is 6.02. The fourth-order valence-electron chi connectivity index (χ4n) is 2.19. The molecule has 1 N–H and O–H groups in total. The van der Waals surface area contributed by atoms with E-state index in [1.54, 1.807) is 6.92 Å². The van der Waals surface area contributed by atoms with Crippen molar-refractivity contribution in [2.75, 3.05) is 0 Å². The molecule has 0 aromatic heterocycles. The molecule has 0 aliphatic heterocycles. The second-order valence-corrected chi connectivity index (χ2v) is 6.09. The maximum atomic E-state index is 13.6. The molecule has 0 heterocycles. The van der Waals surface area contributed by atoms with Gasteiger partial charge in [0.05, 0.1) is 5.60 Å². The predicted octanol–water partition coefficient (Wildman–Crippen LogP) is 4.26. The average molecular weight is 341 g/mol. The van der Waals surface area contributed by atoms with Gasteiger partial charge >= 0.3 is 0 Å². The maximum Gasteiger partial charge on any atom is 0.129 e. The molecule has 0 bridgehead atoms. The summed E-state index contributed by atoms with van der Waals surface area (Å²) in [5, 5.41) is 10.4. The van der Waals surface area contributed by atoms with Crippen LogP contribution in [0.25, 0.3) is 0 Å². The van der Waals surface area contributed by atoms with Crippen molar-refractivity contribution in [3.8, 4) is 0 Å². The summed E-state index contributed by atoms with van der Waals surface area (Å²) < 4.78 is 28.2. The normalized spacial score (nSPS) is 14.1. The van der Waals surface area contributed by atoms with Gasteiger partial charge in [-0.1, -0.05) is 34.1 Å². The first-order valence-electron chi connectivity index (χ1n) is 6.27. The number of hydrogen-bond acceptors (Lipinski definition) is 1. The Bertz CT molecular complexity index is 574. The summed E-state index contributed by atoms with van der Waals surface area (Å²) >= 11 is 3.34. The summed E-state index contributed by atoms with van der Waals surface area (Å²) in [7, 11) is 0. The SMILES string of the molecule is CC(O)(Cc1ccc(Br)cc1)Cc1c(F)cccc1F. The first-order valence-corrected chi connectivity index (χ1v) is 7.06. The highest BCUT2D eigenvalue weighted by Crippen LogP contribution is 2.23. The summed E-state index contributed by atoms with van der Waals surface area (Å²) in [5.74, 6) is -1.25. The highest BCUT2D eigenvalue weighted by molar-refractivity contribution is 9.10. The van der Waals surface area contributed by atoms with Crippen LogP contribution in [-0.2, 0) is 12.8 Å². The monoisotopic (exact) mass is 340 g/mol. The Morgan fingerprint density at radius 2 is 1.55 bits per heavy atom. The minimum absolute atomic E-state index is 0.0679. The van der Waals surface area contributed by atoms with E-state index in [-0.39, 0.29) is 12.0 Å². The first-order chi connectivity index (χ1) is 9.37. The Labute approximate surface area is 125 Å². The third kappa shape index (κ3) is 3.87. The van der Waals surface area contributed by atoms with Crippen LogP contribution in [0.15, 0.2) is 46.9 Å². The van der Waals surface area contributed by atoms with Crippen molar-refractivity contribution in [1.29, 1.82) is 0 Å². The zero-order valence-electron chi connectivity index (χ0n) is 11.0. The van der Waals surface area contributed by atoms with Crippen molar-refractivity contribution in [2.24, 2.45) is 0 Å². The smallest absolute Gasteiger partial charge is 0.129 e. The van der Waals surface area contributed by atoms with E-state index in [1.807, 2.05) is 24.3 Å². The number of rotatable bonds is 4. The van der Waals surface area contributed by atoms with Crippen molar-refractivity contribution < 1.29 is 13.9 Å². The van der Waals surface area contributed by atoms with Gasteiger partial charge in [0.25, 0.3) is 0 Å². The van der Waals surface area contributed by atoms with Crippen LogP contribution < -0.4 is 0 Å². The van der Waals surface area contributed by atoms with Crippen molar-refractivity contribution in [1.82, 2.24) is 0 Å². The third-order valence-corrected chi connectivity index (χ3v) is 3.65. The molecule has 2 aromatic carbocycles. The largest absolute Gasteiger partial charge is 0.389 e. The van der Waals surface area contributed by atoms with Crippen LogP contribution in [0, 0.1) is 11.6 Å². The second-order valence-electron chi connectivity index (χ2n) is 5.18. The van der Waals surface area contributed by atoms with Crippen LogP contribution in [0.4, 0.5) is 8.78 Å². The van der Waals surface area contributed by atoms with E-state index in [9.17, 15) is 13.9 Å². The lowest BCUT2D eigenvalue weighted by Gasteiger charge is -2.24. The molecule has 4 heteroatoms. The molecule has 1 unspecified atom stereocenters. The van der Waals surface area contributed by atoms with Gasteiger partial charge in [0.1, 0.15) is 11.6 Å². The maximum absolute atomic E-state index is 13.6. The van der Waals surface area contributed by atoms with Crippen LogP contribution >= 0.6 is 15.9 Å². The Morgan fingerprint density at radius 1 is 1.00 bits per heavy atom. The van der Waals surface area contributed by atoms with Crippen LogP contribution in [-0.4, -0.2) is 10.7 Å². The molecule has 0 aliphatic rings. The molecule has 0 saturated heterocycles. The van der Waals surface area contributed by atoms with Gasteiger partial charge in [0, 0.05) is 22.9 Å². The molecule has 20 heavy (non-hydrogen) atoms. The van der Waals surface area contributed by atoms with Gasteiger partial charge in [-0.15, -0.1) is 0 Å². The van der Waals surface area contributed by atoms with Gasteiger partial charge in [-0.05, 0) is 36.8 Å². The summed E-state index contributed by atoms with van der Waals surface area (Å²) in [5.41, 5.74) is -0.374. The van der Waals surface area contributed by atoms with E-state index in [0.29, 0.717) is 6.42 Å². The molecule has 1 nitrogen and oxygen atoms in total. The Balaban J connectivity index is 2.16. The minimum Gasteiger partial charge on any atom is -0.389 e. The van der Waals surface area contributed by atoms with E-state index in [1.165, 1.54) is 18.2 Å². The van der Waals surface area contributed by atoms with E-state index in [0.717, 1.165) is 10.0 Å². The number of benzene rings is 2. The quantitative estimate of drug-likeness (QED) is 0.881. The summed E-state index contributed by atoms with van der Waals surface area (Å²) in [6, 6.07) is 11.2. The molecule has 0 saturated carbocycles. The number of hydrogen-bond donors (Lipinski definition) is 1. The molecular weight excluding hydrogens is 326 g/mol. The third-order valence-electron chi connectivity index (χ3n) is 3.12. The van der Waals surface area contributed by atoms with Crippen molar-refractivity contribution >= 4 is 15.9 Å². The van der Waals surface area contributed by atoms with Crippen molar-refractivity contribution in [2.45, 2.75) is 25.4 Å². The van der Waals surface area contributed by atoms with Gasteiger partial charge in [-0.25, -0.2) is 8.78 Å². The van der Waals surface area contributed by atoms with E-state index >= 15 is 0 Å². The molecular formula is C16H15BrF2O. The Morgan fingerprint density at radius 3 is 2.10 bits per heavy atom. The highest BCUT2D eigenvalue weighted by Gasteiger charge is 2.25. The minimum atomic E-state index is -1.21. The highest BCUT2D eigenvalue weighted by atomic mass is 79.9. The topological polar surface area (TPSA) is 20.2 Å². The number of aliphatic hydroxyl groups is 1. The van der Waals surface area contributed by atoms with Gasteiger partial charge in [-0.3, -0.25) is 0 Å². The molecule has 2 rings (SSSR count). The standard InChI is InChI=1S/C16H15BrF2O/c1-16(20,9-11-5-7-12(17)8-6-11)10-13-14(18)3-2-4-15(13)19/h2-8,20H,9-10H2,1H3. The molecule has 0 spiro atoms. The fraction of sp³-hybridized carbons (Fsp3) is 0.250. The Hall–Kier alpha value is -1.26. The van der Waals surface area contributed by atoms with Gasteiger partial charge in [0.2, 0.25) is 0 Å². The van der Waals surface area contributed by atoms with Crippen LogP contribution in [0.2, 0.25) is 0 Å². The lowest BCUT2D eigenvalue weighted by Crippen LogP contribution is -2.31. The van der Waals surface area contributed by atoms with Crippen molar-refractivity contribution in [3.63, 3.8) is 0 Å². The van der Waals surface area contributed by atoms with E-state index < -0.39 is 17.2 Å². The van der Waals surface area contributed by atoms with Crippen LogP contribution in [0.3, 0.4) is 0 Å². The lowest BCUT2D eigenvalue weighted by atomic mass is 9.89. The average Bonchev–Trinajstić information content (AvgIpc) is 2.37. The zero-order chi connectivity index (χ0) is 14.8. The lowest BCUT2D eigenvalue weighted by molar-refractivity contribution is 0.0589. The summed E-state index contributed by atoms with van der Waals surface area (Å²) in [4.78, 5) is 0. The van der Waals surface area contributed by atoms with Crippen molar-refractivity contribution in [3.05, 3.63) is 69.7 Å². The van der Waals surface area contributed by atoms with Gasteiger partial charge in [0.15, 0.2) is 0 Å². The van der Waals surface area contributed by atoms with Gasteiger partial charge < -0.3 is 5.11 Å². The van der Waals surface area contributed by atoms with Crippen LogP contribution in [0.5, 0.6) is 0 Å². The first kappa shape index (κ1) is 15.1. The summed E-state index contributed by atoms with van der Waals surface area (Å²) in [6.45, 7) is 1.58.